The molecule has 1 aliphatic carbocycles. The summed E-state index contributed by atoms with van der Waals surface area (Å²) in [6.07, 6.45) is 3.09. The highest BCUT2D eigenvalue weighted by atomic mass is 79.9. The molecule has 1 saturated carbocycles. The van der Waals surface area contributed by atoms with Gasteiger partial charge in [-0.3, -0.25) is 0 Å². The van der Waals surface area contributed by atoms with Gasteiger partial charge in [0.1, 0.15) is 24.7 Å². The normalized spacial score (nSPS) is 35.1. The Bertz CT molecular complexity index is 1100. The number of hydrogen-bond donors (Lipinski definition) is 0. The van der Waals surface area contributed by atoms with Crippen LogP contribution in [-0.4, -0.2) is 29.2 Å². The van der Waals surface area contributed by atoms with Crippen LogP contribution in [0.5, 0.6) is 0 Å². The molecule has 3 heteroatoms. The van der Waals surface area contributed by atoms with Gasteiger partial charge in [-0.25, -0.2) is 0 Å². The maximum atomic E-state index is 6.67. The van der Waals surface area contributed by atoms with E-state index in [1.54, 1.807) is 0 Å². The Morgan fingerprint density at radius 2 is 1.56 bits per heavy atom. The fraction of sp³-hybridized carbons (Fsp3) is 0.448. The van der Waals surface area contributed by atoms with Crippen molar-refractivity contribution in [2.24, 2.45) is 17.8 Å². The average molecular weight is 493 g/mol. The maximum absolute atomic E-state index is 6.67. The van der Waals surface area contributed by atoms with Gasteiger partial charge in [0.15, 0.2) is 0 Å². The molecule has 3 fully saturated rings. The van der Waals surface area contributed by atoms with Gasteiger partial charge in [-0.05, 0) is 42.2 Å². The van der Waals surface area contributed by atoms with Gasteiger partial charge >= 0.3 is 0 Å². The molecule has 6 rings (SSSR count). The predicted molar refractivity (Wildman–Crippen MR) is 126 cm³/mol. The quantitative estimate of drug-likeness (QED) is 0.498. The highest BCUT2D eigenvalue weighted by molar-refractivity contribution is 5.82. The molecule has 0 unspecified atom stereocenters. The molecule has 0 radical (unpaired) electrons. The zero-order valence-electron chi connectivity index (χ0n) is 19.2. The van der Waals surface area contributed by atoms with E-state index in [9.17, 15) is 0 Å². The first-order valence-electron chi connectivity index (χ1n) is 12.1. The summed E-state index contributed by atoms with van der Waals surface area (Å²) in [4.78, 5) is 0. The van der Waals surface area contributed by atoms with Crippen LogP contribution in [0, 0.1) is 17.8 Å². The van der Waals surface area contributed by atoms with E-state index >= 15 is 0 Å². The Balaban J connectivity index is 0.00000216. The topological polar surface area (TPSA) is 9.23 Å². The largest absolute Gasteiger partial charge is 1.00 e. The molecule has 3 aliphatic rings. The predicted octanol–water partition coefficient (Wildman–Crippen LogP) is 3.19. The van der Waals surface area contributed by atoms with E-state index in [-0.39, 0.29) is 17.0 Å². The van der Waals surface area contributed by atoms with Gasteiger partial charge in [0.05, 0.1) is 13.2 Å². The lowest BCUT2D eigenvalue weighted by Gasteiger charge is -2.43. The fourth-order valence-electron chi connectivity index (χ4n) is 7.90. The minimum Gasteiger partial charge on any atom is -1.00 e. The molecule has 2 aliphatic heterocycles. The van der Waals surface area contributed by atoms with E-state index < -0.39 is 0 Å². The van der Waals surface area contributed by atoms with Crippen molar-refractivity contribution in [2.45, 2.75) is 51.5 Å². The standard InChI is InChI=1S/C29H34NO.BrH/c1-21-17-30(18-23-12-13-24-10-6-7-11-25(24)16-23)19-28(27-15-14-26(21)29(27,30)2)31-20-22-8-4-3-5-9-22;/h3-13,16,21,26-28H,14-15,17-20H2,1-2H3;1H/q+1;/p-1/t21-,26+,27-,28-,29-,30-;/m1./s1. The maximum Gasteiger partial charge on any atom is 0.116 e. The van der Waals surface area contributed by atoms with Crippen LogP contribution < -0.4 is 17.0 Å². The minimum atomic E-state index is 0. The molecular formula is C29H34BrNO. The molecule has 0 aromatic heterocycles. The third kappa shape index (κ3) is 3.28. The van der Waals surface area contributed by atoms with Crippen molar-refractivity contribution in [2.75, 3.05) is 13.1 Å². The van der Waals surface area contributed by atoms with Crippen molar-refractivity contribution in [3.05, 3.63) is 83.9 Å². The van der Waals surface area contributed by atoms with E-state index in [1.165, 1.54) is 52.3 Å². The number of quaternary nitrogens is 1. The molecule has 2 nitrogen and oxygen atoms in total. The number of nitrogens with zero attached hydrogens (tertiary/aromatic N) is 1. The van der Waals surface area contributed by atoms with Crippen LogP contribution in [0.25, 0.3) is 10.8 Å². The van der Waals surface area contributed by atoms with Crippen LogP contribution in [0.15, 0.2) is 72.8 Å². The molecule has 2 saturated heterocycles. The molecule has 6 atom stereocenters. The first kappa shape index (κ1) is 22.1. The molecule has 0 spiro atoms. The lowest BCUT2D eigenvalue weighted by molar-refractivity contribution is -0.967. The second kappa shape index (κ2) is 8.27. The number of rotatable bonds is 5. The van der Waals surface area contributed by atoms with E-state index in [2.05, 4.69) is 86.6 Å². The molecular weight excluding hydrogens is 458 g/mol. The Hall–Kier alpha value is -1.68. The summed E-state index contributed by atoms with van der Waals surface area (Å²) in [5, 5.41) is 2.71. The van der Waals surface area contributed by atoms with Crippen LogP contribution in [-0.2, 0) is 17.9 Å². The van der Waals surface area contributed by atoms with Crippen LogP contribution in [0.4, 0.5) is 0 Å². The first-order valence-corrected chi connectivity index (χ1v) is 12.1. The summed E-state index contributed by atoms with van der Waals surface area (Å²) >= 11 is 0. The van der Waals surface area contributed by atoms with Crippen molar-refractivity contribution in [1.29, 1.82) is 0 Å². The molecule has 0 amide bonds. The summed E-state index contributed by atoms with van der Waals surface area (Å²) in [7, 11) is 0. The summed E-state index contributed by atoms with van der Waals surface area (Å²) < 4.78 is 7.90. The smallest absolute Gasteiger partial charge is 0.116 e. The molecule has 3 aromatic rings. The van der Waals surface area contributed by atoms with Crippen molar-refractivity contribution < 1.29 is 26.2 Å². The number of hydrogen-bond acceptors (Lipinski definition) is 1. The first-order chi connectivity index (χ1) is 15.1. The monoisotopic (exact) mass is 491 g/mol. The van der Waals surface area contributed by atoms with Gasteiger partial charge in [-0.1, -0.05) is 73.7 Å². The Labute approximate surface area is 202 Å². The van der Waals surface area contributed by atoms with Gasteiger partial charge in [0.2, 0.25) is 0 Å². The molecule has 0 N–H and O–H groups in total. The van der Waals surface area contributed by atoms with Crippen molar-refractivity contribution in [1.82, 2.24) is 0 Å². The molecule has 2 heterocycles. The zero-order valence-corrected chi connectivity index (χ0v) is 20.8. The second-order valence-corrected chi connectivity index (χ2v) is 10.7. The fourth-order valence-corrected chi connectivity index (χ4v) is 7.90. The van der Waals surface area contributed by atoms with Gasteiger partial charge in [0.25, 0.3) is 0 Å². The van der Waals surface area contributed by atoms with E-state index in [0.29, 0.717) is 17.6 Å². The van der Waals surface area contributed by atoms with Crippen molar-refractivity contribution >= 4 is 10.8 Å². The Kier molecular flexibility index (Phi) is 5.72. The number of fused-ring (bicyclic) bond motifs is 1. The molecule has 32 heavy (non-hydrogen) atoms. The van der Waals surface area contributed by atoms with E-state index in [1.807, 2.05) is 0 Å². The molecule has 3 aromatic carbocycles. The Morgan fingerprint density at radius 3 is 2.38 bits per heavy atom. The third-order valence-electron chi connectivity index (χ3n) is 9.22. The number of ether oxygens (including phenoxy) is 1. The molecule has 168 valence electrons. The van der Waals surface area contributed by atoms with Crippen molar-refractivity contribution in [3.63, 3.8) is 0 Å². The highest BCUT2D eigenvalue weighted by Gasteiger charge is 2.73. The average Bonchev–Trinajstić information content (AvgIpc) is 3.33. The zero-order chi connectivity index (χ0) is 21.1. The summed E-state index contributed by atoms with van der Waals surface area (Å²) in [6.45, 7) is 9.48. The summed E-state index contributed by atoms with van der Waals surface area (Å²) in [5.41, 5.74) is 3.14. The minimum absolute atomic E-state index is 0. The lowest BCUT2D eigenvalue weighted by Crippen LogP contribution is -3.00. The van der Waals surface area contributed by atoms with E-state index in [0.717, 1.165) is 25.0 Å². The van der Waals surface area contributed by atoms with Gasteiger partial charge in [-0.15, -0.1) is 0 Å². The lowest BCUT2D eigenvalue weighted by atomic mass is 9.80. The van der Waals surface area contributed by atoms with Crippen LogP contribution >= 0.6 is 0 Å². The number of benzene rings is 3. The van der Waals surface area contributed by atoms with Gasteiger partial charge < -0.3 is 26.2 Å². The highest BCUT2D eigenvalue weighted by Crippen LogP contribution is 2.62. The van der Waals surface area contributed by atoms with E-state index in [4.69, 9.17) is 4.74 Å². The second-order valence-electron chi connectivity index (χ2n) is 10.7. The SMILES string of the molecule is C[C@@H]1C[N@@+]2(Cc3ccc4ccccc4c3)C[C@@H](OCc3ccccc3)[C@H]3CC[C@@H]1[C@]32C.[Br-]. The van der Waals surface area contributed by atoms with Gasteiger partial charge in [0, 0.05) is 23.3 Å². The third-order valence-corrected chi connectivity index (χ3v) is 9.22. The summed E-state index contributed by atoms with van der Waals surface area (Å²) in [5.74, 6) is 2.33. The van der Waals surface area contributed by atoms with Crippen LogP contribution in [0.3, 0.4) is 0 Å². The van der Waals surface area contributed by atoms with Gasteiger partial charge in [-0.2, -0.15) is 0 Å². The van der Waals surface area contributed by atoms with Crippen LogP contribution in [0.1, 0.15) is 37.8 Å². The summed E-state index contributed by atoms with van der Waals surface area (Å²) in [6, 6.07) is 26.6. The number of halogens is 1. The molecule has 0 bridgehead atoms. The Morgan fingerprint density at radius 1 is 0.844 bits per heavy atom. The van der Waals surface area contributed by atoms with Crippen molar-refractivity contribution in [3.8, 4) is 0 Å². The van der Waals surface area contributed by atoms with Crippen LogP contribution in [0.2, 0.25) is 0 Å².